The summed E-state index contributed by atoms with van der Waals surface area (Å²) in [6, 6.07) is 11.4. The molecule has 0 aromatic heterocycles. The van der Waals surface area contributed by atoms with Crippen molar-refractivity contribution in [2.24, 2.45) is 0 Å². The molecule has 0 unspecified atom stereocenters. The van der Waals surface area contributed by atoms with Crippen molar-refractivity contribution >= 4 is 21.6 Å². The molecule has 30 heavy (non-hydrogen) atoms. The Kier molecular flexibility index (Phi) is 8.25. The maximum absolute atomic E-state index is 12.9. The predicted octanol–water partition coefficient (Wildman–Crippen LogP) is 2.90. The Morgan fingerprint density at radius 2 is 1.70 bits per heavy atom. The van der Waals surface area contributed by atoms with Gasteiger partial charge in [0.2, 0.25) is 0 Å². The first-order valence-electron chi connectivity index (χ1n) is 9.98. The summed E-state index contributed by atoms with van der Waals surface area (Å²) >= 11 is 0. The molecule has 0 aliphatic carbocycles. The highest BCUT2D eigenvalue weighted by Crippen LogP contribution is 2.28. The minimum Gasteiger partial charge on any atom is -0.496 e. The fraction of sp³-hybridized carbons (Fsp3) is 0.409. The lowest BCUT2D eigenvalue weighted by Crippen LogP contribution is -2.35. The van der Waals surface area contributed by atoms with E-state index in [0.717, 1.165) is 25.2 Å². The number of ether oxygens (including phenoxy) is 1. The number of rotatable bonds is 10. The Balaban J connectivity index is 2.20. The van der Waals surface area contributed by atoms with Crippen LogP contribution in [0, 0.1) is 6.92 Å². The van der Waals surface area contributed by atoms with Crippen LogP contribution in [-0.4, -0.2) is 59.6 Å². The van der Waals surface area contributed by atoms with Crippen molar-refractivity contribution < 1.29 is 17.9 Å². The van der Waals surface area contributed by atoms with Gasteiger partial charge in [-0.2, -0.15) is 0 Å². The van der Waals surface area contributed by atoms with E-state index < -0.39 is 10.0 Å². The van der Waals surface area contributed by atoms with Crippen molar-refractivity contribution in [2.75, 3.05) is 44.6 Å². The molecule has 0 saturated heterocycles. The highest BCUT2D eigenvalue weighted by Gasteiger charge is 2.23. The number of likely N-dealkylation sites (N-methyl/N-ethyl adjacent to an activating group) is 1. The third kappa shape index (κ3) is 5.52. The van der Waals surface area contributed by atoms with Crippen LogP contribution < -0.4 is 14.4 Å². The number of amides is 1. The fourth-order valence-corrected chi connectivity index (χ4v) is 4.22. The van der Waals surface area contributed by atoms with Gasteiger partial charge in [-0.15, -0.1) is 0 Å². The van der Waals surface area contributed by atoms with Gasteiger partial charge < -0.3 is 15.0 Å². The van der Waals surface area contributed by atoms with Crippen molar-refractivity contribution in [1.29, 1.82) is 0 Å². The molecule has 7 nitrogen and oxygen atoms in total. The van der Waals surface area contributed by atoms with E-state index in [4.69, 9.17) is 4.74 Å². The third-order valence-corrected chi connectivity index (χ3v) is 6.88. The minimum atomic E-state index is -3.72. The van der Waals surface area contributed by atoms with Gasteiger partial charge in [0.05, 0.1) is 23.3 Å². The molecule has 0 saturated carbocycles. The van der Waals surface area contributed by atoms with Gasteiger partial charge in [0, 0.05) is 26.2 Å². The number of benzene rings is 2. The number of hydrogen-bond acceptors (Lipinski definition) is 5. The van der Waals surface area contributed by atoms with E-state index in [1.165, 1.54) is 18.5 Å². The molecule has 8 heteroatoms. The van der Waals surface area contributed by atoms with Crippen LogP contribution in [-0.2, 0) is 10.0 Å². The molecule has 1 N–H and O–H groups in total. The fourth-order valence-electron chi connectivity index (χ4n) is 3.03. The number of hydrogen-bond donors (Lipinski definition) is 1. The maximum Gasteiger partial charge on any atom is 0.264 e. The van der Waals surface area contributed by atoms with Crippen LogP contribution in [0.5, 0.6) is 5.75 Å². The Morgan fingerprint density at radius 3 is 2.27 bits per heavy atom. The van der Waals surface area contributed by atoms with E-state index in [2.05, 4.69) is 24.1 Å². The van der Waals surface area contributed by atoms with Gasteiger partial charge >= 0.3 is 0 Å². The summed E-state index contributed by atoms with van der Waals surface area (Å²) in [7, 11) is -0.786. The zero-order valence-electron chi connectivity index (χ0n) is 18.3. The number of carbonyl (C=O) groups excluding carboxylic acids is 1. The normalized spacial score (nSPS) is 11.4. The highest BCUT2D eigenvalue weighted by molar-refractivity contribution is 7.92. The van der Waals surface area contributed by atoms with Crippen molar-refractivity contribution in [3.63, 3.8) is 0 Å². The van der Waals surface area contributed by atoms with Gasteiger partial charge in [0.1, 0.15) is 5.75 Å². The summed E-state index contributed by atoms with van der Waals surface area (Å²) < 4.78 is 32.4. The van der Waals surface area contributed by atoms with Crippen molar-refractivity contribution in [3.05, 3.63) is 53.6 Å². The number of nitrogens with zero attached hydrogens (tertiary/aromatic N) is 2. The summed E-state index contributed by atoms with van der Waals surface area (Å²) in [6.07, 6.45) is 0. The number of nitrogens with one attached hydrogen (secondary N) is 1. The van der Waals surface area contributed by atoms with Crippen LogP contribution in [0.3, 0.4) is 0 Å². The van der Waals surface area contributed by atoms with Gasteiger partial charge in [-0.25, -0.2) is 8.42 Å². The van der Waals surface area contributed by atoms with Crippen molar-refractivity contribution in [1.82, 2.24) is 10.2 Å². The highest BCUT2D eigenvalue weighted by atomic mass is 32.2. The average molecular weight is 434 g/mol. The average Bonchev–Trinajstić information content (AvgIpc) is 2.75. The predicted molar refractivity (Wildman–Crippen MR) is 120 cm³/mol. The van der Waals surface area contributed by atoms with E-state index in [9.17, 15) is 13.2 Å². The Hall–Kier alpha value is -2.58. The molecule has 0 spiro atoms. The molecule has 164 valence electrons. The Bertz CT molecular complexity index is 955. The molecule has 2 aromatic rings. The van der Waals surface area contributed by atoms with Crippen LogP contribution in [0.1, 0.15) is 29.8 Å². The van der Waals surface area contributed by atoms with Gasteiger partial charge in [0.25, 0.3) is 15.9 Å². The second-order valence-corrected chi connectivity index (χ2v) is 8.92. The van der Waals surface area contributed by atoms with Crippen LogP contribution >= 0.6 is 0 Å². The summed E-state index contributed by atoms with van der Waals surface area (Å²) in [5.41, 5.74) is 1.75. The first-order valence-corrected chi connectivity index (χ1v) is 11.4. The Labute approximate surface area is 179 Å². The van der Waals surface area contributed by atoms with Crippen LogP contribution in [0.4, 0.5) is 5.69 Å². The Morgan fingerprint density at radius 1 is 1.07 bits per heavy atom. The van der Waals surface area contributed by atoms with Crippen LogP contribution in [0.15, 0.2) is 47.4 Å². The molecule has 0 aliphatic heterocycles. The number of anilines is 1. The lowest BCUT2D eigenvalue weighted by atomic mass is 10.1. The van der Waals surface area contributed by atoms with Gasteiger partial charge in [-0.1, -0.05) is 31.5 Å². The second kappa shape index (κ2) is 10.4. The number of sulfonamides is 1. The molecule has 0 radical (unpaired) electrons. The maximum atomic E-state index is 12.9. The molecule has 0 fully saturated rings. The quantitative estimate of drug-likeness (QED) is 0.623. The van der Waals surface area contributed by atoms with Crippen molar-refractivity contribution in [2.45, 2.75) is 25.7 Å². The van der Waals surface area contributed by atoms with Crippen LogP contribution in [0.25, 0.3) is 0 Å². The second-order valence-electron chi connectivity index (χ2n) is 6.95. The van der Waals surface area contributed by atoms with Crippen molar-refractivity contribution in [3.8, 4) is 5.75 Å². The molecule has 1 amide bonds. The molecule has 0 heterocycles. The lowest BCUT2D eigenvalue weighted by Gasteiger charge is -2.21. The number of carbonyl (C=O) groups is 1. The van der Waals surface area contributed by atoms with E-state index in [1.54, 1.807) is 42.5 Å². The lowest BCUT2D eigenvalue weighted by molar-refractivity contribution is 0.0946. The summed E-state index contributed by atoms with van der Waals surface area (Å²) in [5.74, 6) is 0.0633. The van der Waals surface area contributed by atoms with E-state index in [0.29, 0.717) is 23.5 Å². The monoisotopic (exact) mass is 433 g/mol. The minimum absolute atomic E-state index is 0.202. The zero-order chi connectivity index (χ0) is 22.3. The van der Waals surface area contributed by atoms with Gasteiger partial charge in [0.15, 0.2) is 0 Å². The molecule has 0 bridgehead atoms. The zero-order valence-corrected chi connectivity index (χ0v) is 19.1. The first-order chi connectivity index (χ1) is 14.2. The van der Waals surface area contributed by atoms with E-state index in [1.807, 2.05) is 6.92 Å². The standard InChI is InChI=1S/C22H31N3O4S/c1-6-25(7-2)15-14-23-22(26)20-13-10-18(16-21(20)29-5)24(4)30(27,28)19-11-8-17(3)9-12-19/h8-13,16H,6-7,14-15H2,1-5H3,(H,23,26). The smallest absolute Gasteiger partial charge is 0.264 e. The van der Waals surface area contributed by atoms with E-state index >= 15 is 0 Å². The van der Waals surface area contributed by atoms with Gasteiger partial charge in [-0.05, 0) is 44.3 Å². The van der Waals surface area contributed by atoms with Gasteiger partial charge in [-0.3, -0.25) is 9.10 Å². The van der Waals surface area contributed by atoms with Crippen LogP contribution in [0.2, 0.25) is 0 Å². The number of methoxy groups -OCH3 is 1. The number of aryl methyl sites for hydroxylation is 1. The molecule has 0 aliphatic rings. The largest absolute Gasteiger partial charge is 0.496 e. The molecular formula is C22H31N3O4S. The topological polar surface area (TPSA) is 79.0 Å². The van der Waals surface area contributed by atoms with E-state index in [-0.39, 0.29) is 10.8 Å². The third-order valence-electron chi connectivity index (χ3n) is 5.08. The summed E-state index contributed by atoms with van der Waals surface area (Å²) in [5, 5.41) is 2.89. The molecule has 0 atom stereocenters. The molecule has 2 aromatic carbocycles. The first kappa shape index (κ1) is 23.7. The molecule has 2 rings (SSSR count). The summed E-state index contributed by atoms with van der Waals surface area (Å²) in [6.45, 7) is 9.18. The SMILES string of the molecule is CCN(CC)CCNC(=O)c1ccc(N(C)S(=O)(=O)c2ccc(C)cc2)cc1OC. The summed E-state index contributed by atoms with van der Waals surface area (Å²) in [4.78, 5) is 15.0. The molecular weight excluding hydrogens is 402 g/mol.